The van der Waals surface area contributed by atoms with Gasteiger partial charge in [-0.2, -0.15) is 11.3 Å². The fourth-order valence-corrected chi connectivity index (χ4v) is 1.48. The van der Waals surface area contributed by atoms with E-state index < -0.39 is 12.0 Å². The van der Waals surface area contributed by atoms with Gasteiger partial charge in [0.2, 0.25) is 0 Å². The number of hydrogen-bond acceptors (Lipinski definition) is 2. The Balaban J connectivity index is 2.90. The Bertz CT molecular complexity index is 218. The van der Waals surface area contributed by atoms with E-state index in [1.807, 2.05) is 0 Å². The Kier molecular flexibility index (Phi) is 2.25. The monoisotopic (exact) mass is 177 g/mol. The van der Waals surface area contributed by atoms with Gasteiger partial charge in [0.05, 0.1) is 0 Å². The maximum Gasteiger partial charge on any atom is 0.260 e. The summed E-state index contributed by atoms with van der Waals surface area (Å²) in [6, 6.07) is 1.62. The normalized spacial score (nSPS) is 16.8. The van der Waals surface area contributed by atoms with Crippen molar-refractivity contribution in [2.24, 2.45) is 5.73 Å². The summed E-state index contributed by atoms with van der Waals surface area (Å²) in [4.78, 5) is 0. The molecule has 0 saturated carbocycles. The van der Waals surface area contributed by atoms with Gasteiger partial charge < -0.3 is 5.73 Å². The van der Waals surface area contributed by atoms with Crippen molar-refractivity contribution in [3.8, 4) is 0 Å². The lowest BCUT2D eigenvalue weighted by Crippen LogP contribution is -2.40. The minimum absolute atomic E-state index is 0.498. The second-order valence-corrected chi connectivity index (χ2v) is 3.38. The summed E-state index contributed by atoms with van der Waals surface area (Å²) in [5, 5.41) is 3.38. The quantitative estimate of drug-likeness (QED) is 0.736. The Morgan fingerprint density at radius 2 is 2.27 bits per heavy atom. The van der Waals surface area contributed by atoms with Crippen LogP contribution in [0.3, 0.4) is 0 Å². The Morgan fingerprint density at radius 1 is 1.64 bits per heavy atom. The first-order valence-electron chi connectivity index (χ1n) is 3.15. The average Bonchev–Trinajstić information content (AvgIpc) is 2.37. The smallest absolute Gasteiger partial charge is 0.260 e. The van der Waals surface area contributed by atoms with Crippen molar-refractivity contribution in [2.45, 2.75) is 18.9 Å². The van der Waals surface area contributed by atoms with Crippen molar-refractivity contribution < 1.29 is 8.78 Å². The van der Waals surface area contributed by atoms with Gasteiger partial charge in [0.25, 0.3) is 6.43 Å². The summed E-state index contributed by atoms with van der Waals surface area (Å²) in [6.07, 6.45) is -2.52. The number of thiophene rings is 1. The van der Waals surface area contributed by atoms with Crippen LogP contribution in [-0.4, -0.2) is 6.43 Å². The molecule has 62 valence electrons. The molecule has 0 bridgehead atoms. The van der Waals surface area contributed by atoms with Gasteiger partial charge in [-0.3, -0.25) is 0 Å². The van der Waals surface area contributed by atoms with E-state index in [-0.39, 0.29) is 0 Å². The number of nitrogens with two attached hydrogens (primary N) is 1. The van der Waals surface area contributed by atoms with E-state index >= 15 is 0 Å². The molecule has 0 fully saturated rings. The van der Waals surface area contributed by atoms with Gasteiger partial charge in [0.1, 0.15) is 5.54 Å². The zero-order chi connectivity index (χ0) is 8.48. The Labute approximate surface area is 67.8 Å². The molecule has 0 aliphatic carbocycles. The van der Waals surface area contributed by atoms with Crippen LogP contribution in [0.1, 0.15) is 12.5 Å². The van der Waals surface area contributed by atoms with Crippen LogP contribution in [0.25, 0.3) is 0 Å². The summed E-state index contributed by atoms with van der Waals surface area (Å²) >= 11 is 1.37. The fraction of sp³-hybridized carbons (Fsp3) is 0.429. The zero-order valence-corrected chi connectivity index (χ0v) is 6.87. The SMILES string of the molecule is CC(N)(c1ccsc1)C(F)F. The first-order valence-corrected chi connectivity index (χ1v) is 4.09. The predicted molar refractivity (Wildman–Crippen MR) is 41.9 cm³/mol. The van der Waals surface area contributed by atoms with Gasteiger partial charge in [0, 0.05) is 0 Å². The lowest BCUT2D eigenvalue weighted by Gasteiger charge is -2.21. The summed E-state index contributed by atoms with van der Waals surface area (Å²) < 4.78 is 24.5. The minimum Gasteiger partial charge on any atom is -0.317 e. The van der Waals surface area contributed by atoms with E-state index in [4.69, 9.17) is 5.73 Å². The minimum atomic E-state index is -2.52. The van der Waals surface area contributed by atoms with Crippen LogP contribution in [-0.2, 0) is 5.54 Å². The Morgan fingerprint density at radius 3 is 2.64 bits per heavy atom. The molecule has 1 rings (SSSR count). The van der Waals surface area contributed by atoms with E-state index in [0.29, 0.717) is 5.56 Å². The molecule has 1 aromatic heterocycles. The highest BCUT2D eigenvalue weighted by Crippen LogP contribution is 2.26. The highest BCUT2D eigenvalue weighted by atomic mass is 32.1. The molecule has 0 aromatic carbocycles. The number of alkyl halides is 2. The topological polar surface area (TPSA) is 26.0 Å². The van der Waals surface area contributed by atoms with Crippen molar-refractivity contribution >= 4 is 11.3 Å². The second-order valence-electron chi connectivity index (χ2n) is 2.60. The van der Waals surface area contributed by atoms with Crippen molar-refractivity contribution in [3.05, 3.63) is 22.4 Å². The summed E-state index contributed by atoms with van der Waals surface area (Å²) in [6.45, 7) is 1.33. The predicted octanol–water partition coefficient (Wildman–Crippen LogP) is 2.19. The van der Waals surface area contributed by atoms with Gasteiger partial charge in [-0.15, -0.1) is 0 Å². The zero-order valence-electron chi connectivity index (χ0n) is 6.05. The number of hydrogen-bond donors (Lipinski definition) is 1. The number of rotatable bonds is 2. The van der Waals surface area contributed by atoms with E-state index in [0.717, 1.165) is 0 Å². The molecule has 0 amide bonds. The van der Waals surface area contributed by atoms with E-state index in [1.54, 1.807) is 16.8 Å². The summed E-state index contributed by atoms with van der Waals surface area (Å²) in [5.74, 6) is 0. The van der Waals surface area contributed by atoms with E-state index in [1.165, 1.54) is 18.3 Å². The molecule has 1 aromatic rings. The lowest BCUT2D eigenvalue weighted by atomic mass is 9.97. The van der Waals surface area contributed by atoms with Gasteiger partial charge in [-0.05, 0) is 29.3 Å². The van der Waals surface area contributed by atoms with Crippen LogP contribution in [0.5, 0.6) is 0 Å². The fourth-order valence-electron chi connectivity index (χ4n) is 0.697. The molecule has 0 radical (unpaired) electrons. The molecule has 0 aliphatic heterocycles. The van der Waals surface area contributed by atoms with Gasteiger partial charge in [-0.1, -0.05) is 0 Å². The van der Waals surface area contributed by atoms with Gasteiger partial charge in [-0.25, -0.2) is 8.78 Å². The average molecular weight is 177 g/mol. The van der Waals surface area contributed by atoms with Crippen LogP contribution in [0.2, 0.25) is 0 Å². The molecule has 11 heavy (non-hydrogen) atoms. The second kappa shape index (κ2) is 2.87. The summed E-state index contributed by atoms with van der Waals surface area (Å²) in [5.41, 5.74) is 4.38. The van der Waals surface area contributed by atoms with Crippen molar-refractivity contribution in [2.75, 3.05) is 0 Å². The van der Waals surface area contributed by atoms with Crippen molar-refractivity contribution in [3.63, 3.8) is 0 Å². The number of halogens is 2. The first-order chi connectivity index (χ1) is 5.05. The van der Waals surface area contributed by atoms with Crippen LogP contribution < -0.4 is 5.73 Å². The molecule has 1 nitrogen and oxygen atoms in total. The molecule has 1 unspecified atom stereocenters. The van der Waals surface area contributed by atoms with Crippen LogP contribution in [0.15, 0.2) is 16.8 Å². The molecular weight excluding hydrogens is 168 g/mol. The molecule has 1 heterocycles. The highest BCUT2D eigenvalue weighted by molar-refractivity contribution is 7.08. The largest absolute Gasteiger partial charge is 0.317 e. The van der Waals surface area contributed by atoms with E-state index in [2.05, 4.69) is 0 Å². The molecule has 0 spiro atoms. The van der Waals surface area contributed by atoms with Crippen LogP contribution >= 0.6 is 11.3 Å². The molecule has 0 saturated heterocycles. The summed E-state index contributed by atoms with van der Waals surface area (Å²) in [7, 11) is 0. The standard InChI is InChI=1S/C7H9F2NS/c1-7(10,6(8)9)5-2-3-11-4-5/h2-4,6H,10H2,1H3. The van der Waals surface area contributed by atoms with Crippen molar-refractivity contribution in [1.82, 2.24) is 0 Å². The molecule has 2 N–H and O–H groups in total. The third-order valence-electron chi connectivity index (χ3n) is 1.60. The van der Waals surface area contributed by atoms with Crippen LogP contribution in [0.4, 0.5) is 8.78 Å². The highest BCUT2D eigenvalue weighted by Gasteiger charge is 2.32. The van der Waals surface area contributed by atoms with Crippen molar-refractivity contribution in [1.29, 1.82) is 0 Å². The third-order valence-corrected chi connectivity index (χ3v) is 2.28. The van der Waals surface area contributed by atoms with Crippen LogP contribution in [0, 0.1) is 0 Å². The Hall–Kier alpha value is -0.480. The maximum absolute atomic E-state index is 12.3. The first kappa shape index (κ1) is 8.62. The molecule has 4 heteroatoms. The molecule has 1 atom stereocenters. The third kappa shape index (κ3) is 1.57. The molecular formula is C7H9F2NS. The van der Waals surface area contributed by atoms with Gasteiger partial charge in [0.15, 0.2) is 0 Å². The maximum atomic E-state index is 12.3. The lowest BCUT2D eigenvalue weighted by molar-refractivity contribution is 0.0627. The van der Waals surface area contributed by atoms with E-state index in [9.17, 15) is 8.78 Å². The molecule has 0 aliphatic rings. The van der Waals surface area contributed by atoms with Gasteiger partial charge >= 0.3 is 0 Å².